The number of aliphatic carboxylic acids is 1. The number of pyridine rings is 1. The van der Waals surface area contributed by atoms with E-state index in [1.807, 2.05) is 46.3 Å². The molecule has 9 heteroatoms. The number of aromatic nitrogens is 1. The molecule has 0 amide bonds. The number of carboxylic acid groups (broad SMARTS) is 1. The second-order valence-corrected chi connectivity index (χ2v) is 9.61. The third-order valence-electron chi connectivity index (χ3n) is 7.11. The molecule has 0 radical (unpaired) electrons. The maximum Gasteiger partial charge on any atom is 0.317 e. The Kier molecular flexibility index (Phi) is 7.41. The number of amidine groups is 1. The summed E-state index contributed by atoms with van der Waals surface area (Å²) in [5.74, 6) is 0.249. The molecule has 0 bridgehead atoms. The van der Waals surface area contributed by atoms with Gasteiger partial charge in [0, 0.05) is 56.6 Å². The summed E-state index contributed by atoms with van der Waals surface area (Å²) in [5, 5.41) is 17.6. The summed E-state index contributed by atoms with van der Waals surface area (Å²) in [6.45, 7) is 3.72. The lowest BCUT2D eigenvalue weighted by Crippen LogP contribution is -2.48. The molecule has 0 spiro atoms. The van der Waals surface area contributed by atoms with Gasteiger partial charge in [-0.1, -0.05) is 18.2 Å². The van der Waals surface area contributed by atoms with Crippen molar-refractivity contribution in [3.05, 3.63) is 77.9 Å². The van der Waals surface area contributed by atoms with Crippen molar-refractivity contribution < 1.29 is 14.3 Å². The lowest BCUT2D eigenvalue weighted by Gasteiger charge is -2.34. The molecule has 2 fully saturated rings. The van der Waals surface area contributed by atoms with Gasteiger partial charge in [-0.25, -0.2) is 9.37 Å². The molecule has 3 aliphatic rings. The molecule has 2 saturated heterocycles. The summed E-state index contributed by atoms with van der Waals surface area (Å²) in [4.78, 5) is 26.5. The normalized spacial score (nSPS) is 20.4. The first kappa shape index (κ1) is 24.8. The minimum atomic E-state index is -0.798. The van der Waals surface area contributed by atoms with Crippen molar-refractivity contribution in [2.75, 3.05) is 44.2 Å². The van der Waals surface area contributed by atoms with Crippen molar-refractivity contribution in [1.29, 1.82) is 5.41 Å². The number of likely N-dealkylation sites (tertiary alicyclic amines) is 1. The quantitative estimate of drug-likeness (QED) is 0.439. The molecular weight excluding hydrogens is 471 g/mol. The van der Waals surface area contributed by atoms with E-state index in [4.69, 9.17) is 15.5 Å². The highest BCUT2D eigenvalue weighted by Gasteiger charge is 2.27. The van der Waals surface area contributed by atoms with Crippen molar-refractivity contribution in [3.8, 4) is 0 Å². The van der Waals surface area contributed by atoms with Crippen LogP contribution in [-0.4, -0.2) is 76.7 Å². The fourth-order valence-electron chi connectivity index (χ4n) is 5.20. The second kappa shape index (κ2) is 11.0. The van der Waals surface area contributed by atoms with Gasteiger partial charge in [0.05, 0.1) is 18.3 Å². The predicted molar refractivity (Wildman–Crippen MR) is 143 cm³/mol. The molecule has 1 aromatic heterocycles. The number of hydrogen-bond donors (Lipinski definition) is 2. The average Bonchev–Trinajstić information content (AvgIpc) is 3.58. The molecule has 1 atom stereocenters. The molecule has 8 nitrogen and oxygen atoms in total. The summed E-state index contributed by atoms with van der Waals surface area (Å²) < 4.78 is 13.7. The van der Waals surface area contributed by atoms with Gasteiger partial charge in [0.25, 0.3) is 0 Å². The number of rotatable bonds is 7. The highest BCUT2D eigenvalue weighted by molar-refractivity contribution is 6.08. The Morgan fingerprint density at radius 3 is 2.73 bits per heavy atom. The van der Waals surface area contributed by atoms with Crippen LogP contribution in [0.15, 0.2) is 65.8 Å². The Balaban J connectivity index is 1.17. The van der Waals surface area contributed by atoms with Gasteiger partial charge < -0.3 is 14.9 Å². The van der Waals surface area contributed by atoms with Crippen LogP contribution in [0, 0.1) is 11.2 Å². The Bertz CT molecular complexity index is 1260. The van der Waals surface area contributed by atoms with E-state index in [-0.39, 0.29) is 18.4 Å². The number of carboxylic acids is 1. The van der Waals surface area contributed by atoms with Gasteiger partial charge in [0.15, 0.2) is 0 Å². The summed E-state index contributed by atoms with van der Waals surface area (Å²) >= 11 is 0. The minimum absolute atomic E-state index is 0.0185. The van der Waals surface area contributed by atoms with Crippen LogP contribution in [0.3, 0.4) is 0 Å². The highest BCUT2D eigenvalue weighted by Crippen LogP contribution is 2.32. The maximum absolute atomic E-state index is 13.7. The first-order chi connectivity index (χ1) is 18.0. The van der Waals surface area contributed by atoms with Crippen molar-refractivity contribution in [1.82, 2.24) is 14.8 Å². The Hall–Kier alpha value is -3.85. The number of allylic oxidation sites excluding steroid dienone is 2. The zero-order valence-corrected chi connectivity index (χ0v) is 20.7. The van der Waals surface area contributed by atoms with E-state index in [9.17, 15) is 9.18 Å². The smallest absolute Gasteiger partial charge is 0.317 e. The summed E-state index contributed by atoms with van der Waals surface area (Å²) in [7, 11) is 0. The van der Waals surface area contributed by atoms with Crippen molar-refractivity contribution in [3.63, 3.8) is 0 Å². The van der Waals surface area contributed by atoms with Crippen LogP contribution < -0.4 is 4.90 Å². The third-order valence-corrected chi connectivity index (χ3v) is 7.11. The molecule has 3 aliphatic heterocycles. The van der Waals surface area contributed by atoms with Crippen LogP contribution in [0.2, 0.25) is 0 Å². The van der Waals surface area contributed by atoms with Crippen molar-refractivity contribution in [2.45, 2.75) is 25.3 Å². The van der Waals surface area contributed by atoms with E-state index in [1.54, 1.807) is 18.2 Å². The maximum atomic E-state index is 13.7. The molecule has 37 heavy (non-hydrogen) atoms. The summed E-state index contributed by atoms with van der Waals surface area (Å²) in [5.41, 5.74) is 3.68. The predicted octanol–water partition coefficient (Wildman–Crippen LogP) is 3.98. The zero-order valence-electron chi connectivity index (χ0n) is 20.7. The van der Waals surface area contributed by atoms with Gasteiger partial charge in [0.2, 0.25) is 0 Å². The topological polar surface area (TPSA) is 96.1 Å². The van der Waals surface area contributed by atoms with Crippen LogP contribution in [-0.2, 0) is 4.79 Å². The number of aliphatic imine (C=N–C) groups is 1. The number of hydrogen-bond acceptors (Lipinski definition) is 6. The van der Waals surface area contributed by atoms with Gasteiger partial charge in [-0.2, -0.15) is 0 Å². The van der Waals surface area contributed by atoms with E-state index in [1.165, 1.54) is 6.07 Å². The number of benzene rings is 1. The second-order valence-electron chi connectivity index (χ2n) is 9.61. The third kappa shape index (κ3) is 5.94. The fraction of sp³-hybridized carbons (Fsp3) is 0.357. The van der Waals surface area contributed by atoms with Crippen LogP contribution in [0.4, 0.5) is 10.2 Å². The molecule has 4 heterocycles. The number of carbonyl (C=O) groups is 1. The van der Waals surface area contributed by atoms with Crippen LogP contribution in [0.25, 0.3) is 5.57 Å². The lowest BCUT2D eigenvalue weighted by atomic mass is 10.0. The first-order valence-corrected chi connectivity index (χ1v) is 12.7. The SMILES string of the molecule is N=C(/C=C\C1=NC=C(c2cccc(N3CCN(CC(=O)O)CC3)n2)C1)N1CCC[C@@H]1c1cccc(F)c1. The standard InChI is InChI=1S/C28H31FN6O2/c29-22-5-1-4-20(16-22)25-7-3-11-35(25)26(30)10-9-23-17-21(18-31-23)24-6-2-8-27(32-24)34-14-12-33(13-15-34)19-28(36)37/h1-2,4-6,8-10,16,18,25,30H,3,7,11-15,17,19H2,(H,36,37)/b10-9-,30-26?/t25-/m1/s1. The van der Waals surface area contributed by atoms with Gasteiger partial charge in [0.1, 0.15) is 17.5 Å². The minimum Gasteiger partial charge on any atom is -0.480 e. The molecule has 0 saturated carbocycles. The molecule has 0 aliphatic carbocycles. The van der Waals surface area contributed by atoms with E-state index in [0.29, 0.717) is 25.3 Å². The average molecular weight is 503 g/mol. The summed E-state index contributed by atoms with van der Waals surface area (Å²) in [6, 6.07) is 12.6. The van der Waals surface area contributed by atoms with Gasteiger partial charge in [-0.3, -0.25) is 20.1 Å². The lowest BCUT2D eigenvalue weighted by molar-refractivity contribution is -0.138. The fourth-order valence-corrected chi connectivity index (χ4v) is 5.20. The molecule has 2 aromatic rings. The molecule has 5 rings (SSSR count). The Labute approximate surface area is 215 Å². The van der Waals surface area contributed by atoms with E-state index < -0.39 is 5.97 Å². The zero-order chi connectivity index (χ0) is 25.8. The van der Waals surface area contributed by atoms with Crippen LogP contribution >= 0.6 is 0 Å². The molecule has 0 unspecified atom stereocenters. The molecule has 192 valence electrons. The number of halogens is 1. The largest absolute Gasteiger partial charge is 0.480 e. The van der Waals surface area contributed by atoms with E-state index in [0.717, 1.165) is 60.8 Å². The number of nitrogens with zero attached hydrogens (tertiary/aromatic N) is 5. The van der Waals surface area contributed by atoms with Crippen molar-refractivity contribution >= 4 is 28.9 Å². The first-order valence-electron chi connectivity index (χ1n) is 12.7. The van der Waals surface area contributed by atoms with Crippen LogP contribution in [0.5, 0.6) is 0 Å². The van der Waals surface area contributed by atoms with Gasteiger partial charge in [-0.15, -0.1) is 0 Å². The van der Waals surface area contributed by atoms with Gasteiger partial charge in [-0.05, 0) is 54.8 Å². The number of anilines is 1. The Morgan fingerprint density at radius 2 is 1.95 bits per heavy atom. The van der Waals surface area contributed by atoms with E-state index in [2.05, 4.69) is 9.89 Å². The molecule has 1 aromatic carbocycles. The molecule has 2 N–H and O–H groups in total. The number of nitrogens with one attached hydrogen (secondary N) is 1. The van der Waals surface area contributed by atoms with Crippen LogP contribution in [0.1, 0.15) is 36.6 Å². The van der Waals surface area contributed by atoms with Gasteiger partial charge >= 0.3 is 5.97 Å². The van der Waals surface area contributed by atoms with Crippen molar-refractivity contribution in [2.24, 2.45) is 4.99 Å². The highest BCUT2D eigenvalue weighted by atomic mass is 19.1. The number of piperazine rings is 1. The van der Waals surface area contributed by atoms with E-state index >= 15 is 0 Å². The Morgan fingerprint density at radius 1 is 1.14 bits per heavy atom. The molecular formula is C28H31FN6O2. The monoisotopic (exact) mass is 502 g/mol. The summed E-state index contributed by atoms with van der Waals surface area (Å²) in [6.07, 6.45) is 8.03.